The summed E-state index contributed by atoms with van der Waals surface area (Å²) in [5.41, 5.74) is 1.01. The van der Waals surface area contributed by atoms with Crippen molar-refractivity contribution in [2.24, 2.45) is 5.92 Å². The molecule has 1 fully saturated rings. The van der Waals surface area contributed by atoms with Gasteiger partial charge in [-0.15, -0.1) is 6.42 Å². The lowest BCUT2D eigenvalue weighted by atomic mass is 9.96. The Morgan fingerprint density at radius 2 is 2.09 bits per heavy atom. The highest BCUT2D eigenvalue weighted by Gasteiger charge is 2.33. The van der Waals surface area contributed by atoms with Crippen molar-refractivity contribution in [3.8, 4) is 12.3 Å². The maximum atomic E-state index is 12.7. The molecule has 1 unspecified atom stereocenters. The number of carbonyl (C=O) groups excluding carboxylic acids is 1. The molecule has 0 aliphatic carbocycles. The number of hydrogen-bond donors (Lipinski definition) is 0. The molecular formula is C17H24N4O. The van der Waals surface area contributed by atoms with Gasteiger partial charge in [0.05, 0.1) is 17.8 Å². The Morgan fingerprint density at radius 1 is 1.36 bits per heavy atom. The molecule has 118 valence electrons. The van der Waals surface area contributed by atoms with Crippen molar-refractivity contribution < 1.29 is 4.79 Å². The number of terminal acetylenes is 1. The quantitative estimate of drug-likeness (QED) is 0.765. The van der Waals surface area contributed by atoms with E-state index in [1.807, 2.05) is 17.4 Å². The van der Waals surface area contributed by atoms with E-state index < -0.39 is 0 Å². The lowest BCUT2D eigenvalue weighted by Gasteiger charge is -2.42. The predicted molar refractivity (Wildman–Crippen MR) is 85.1 cm³/mol. The van der Waals surface area contributed by atoms with Gasteiger partial charge in [0, 0.05) is 44.6 Å². The Bertz CT molecular complexity index is 590. The predicted octanol–water partition coefficient (Wildman–Crippen LogP) is 1.00. The molecule has 5 nitrogen and oxygen atoms in total. The lowest BCUT2D eigenvalue weighted by molar-refractivity contribution is -0.138. The number of nitrogens with zero attached hydrogens (tertiary/aromatic N) is 4. The van der Waals surface area contributed by atoms with E-state index in [-0.39, 0.29) is 17.4 Å². The van der Waals surface area contributed by atoms with Crippen molar-refractivity contribution in [1.29, 1.82) is 0 Å². The van der Waals surface area contributed by atoms with Gasteiger partial charge in [-0.1, -0.05) is 5.92 Å². The number of rotatable bonds is 2. The minimum atomic E-state index is -0.230. The highest BCUT2D eigenvalue weighted by atomic mass is 16.2. The molecule has 2 aliphatic heterocycles. The molecule has 0 radical (unpaired) electrons. The fraction of sp³-hybridized carbons (Fsp3) is 0.647. The summed E-state index contributed by atoms with van der Waals surface area (Å²) in [5, 5.41) is 0. The van der Waals surface area contributed by atoms with E-state index in [0.29, 0.717) is 0 Å². The normalized spacial score (nSPS) is 23.0. The Balaban J connectivity index is 1.58. The van der Waals surface area contributed by atoms with Gasteiger partial charge in [-0.05, 0) is 26.7 Å². The van der Waals surface area contributed by atoms with Gasteiger partial charge < -0.3 is 9.47 Å². The molecule has 1 saturated heterocycles. The van der Waals surface area contributed by atoms with E-state index in [1.165, 1.54) is 5.69 Å². The van der Waals surface area contributed by atoms with Crippen molar-refractivity contribution in [2.75, 3.05) is 26.2 Å². The van der Waals surface area contributed by atoms with Crippen LogP contribution in [0.2, 0.25) is 0 Å². The number of carbonyl (C=O) groups is 1. The van der Waals surface area contributed by atoms with E-state index >= 15 is 0 Å². The van der Waals surface area contributed by atoms with Crippen molar-refractivity contribution in [1.82, 2.24) is 19.4 Å². The van der Waals surface area contributed by atoms with Crippen molar-refractivity contribution in [3.05, 3.63) is 18.2 Å². The summed E-state index contributed by atoms with van der Waals surface area (Å²) < 4.78 is 2.11. The Labute approximate surface area is 132 Å². The molecule has 0 N–H and O–H groups in total. The summed E-state index contributed by atoms with van der Waals surface area (Å²) in [4.78, 5) is 21.2. The first-order valence-corrected chi connectivity index (χ1v) is 8.02. The van der Waals surface area contributed by atoms with Gasteiger partial charge >= 0.3 is 0 Å². The summed E-state index contributed by atoms with van der Waals surface area (Å²) in [6.07, 6.45) is 11.2. The standard InChI is InChI=1S/C17H24N4O/c1-4-17(2,3)21-9-7-19(8-10-21)16(22)14-5-6-15-11-18-13-20(15)12-14/h1,11,13-14H,5-10,12H2,2-3H3. The van der Waals surface area contributed by atoms with Gasteiger partial charge in [0.1, 0.15) is 0 Å². The third kappa shape index (κ3) is 2.76. The van der Waals surface area contributed by atoms with Gasteiger partial charge in [-0.3, -0.25) is 9.69 Å². The van der Waals surface area contributed by atoms with Gasteiger partial charge in [-0.2, -0.15) is 0 Å². The maximum Gasteiger partial charge on any atom is 0.227 e. The van der Waals surface area contributed by atoms with E-state index in [0.717, 1.165) is 45.6 Å². The number of hydrogen-bond acceptors (Lipinski definition) is 3. The molecule has 1 amide bonds. The molecule has 5 heteroatoms. The first-order valence-electron chi connectivity index (χ1n) is 8.02. The summed E-state index contributed by atoms with van der Waals surface area (Å²) in [6, 6.07) is 0. The molecule has 0 saturated carbocycles. The van der Waals surface area contributed by atoms with Crippen LogP contribution in [0.4, 0.5) is 0 Å². The van der Waals surface area contributed by atoms with Crippen LogP contribution in [0.3, 0.4) is 0 Å². The topological polar surface area (TPSA) is 41.4 Å². The van der Waals surface area contributed by atoms with E-state index in [1.54, 1.807) is 0 Å². The molecule has 1 aromatic heterocycles. The van der Waals surface area contributed by atoms with Crippen LogP contribution >= 0.6 is 0 Å². The lowest BCUT2D eigenvalue weighted by Crippen LogP contribution is -2.56. The molecule has 1 aromatic rings. The van der Waals surface area contributed by atoms with Gasteiger partial charge in [0.25, 0.3) is 0 Å². The Morgan fingerprint density at radius 3 is 2.77 bits per heavy atom. The molecule has 0 spiro atoms. The van der Waals surface area contributed by atoms with Gasteiger partial charge in [-0.25, -0.2) is 4.98 Å². The van der Waals surface area contributed by atoms with Crippen LogP contribution in [0.15, 0.2) is 12.5 Å². The first kappa shape index (κ1) is 15.1. The molecule has 3 rings (SSSR count). The van der Waals surface area contributed by atoms with Crippen molar-refractivity contribution >= 4 is 5.91 Å². The van der Waals surface area contributed by atoms with Crippen LogP contribution in [0.5, 0.6) is 0 Å². The second kappa shape index (κ2) is 5.77. The fourth-order valence-corrected chi connectivity index (χ4v) is 3.41. The largest absolute Gasteiger partial charge is 0.340 e. The monoisotopic (exact) mass is 300 g/mol. The first-order chi connectivity index (χ1) is 10.5. The molecule has 22 heavy (non-hydrogen) atoms. The van der Waals surface area contributed by atoms with Crippen LogP contribution in [0.1, 0.15) is 26.0 Å². The number of aromatic nitrogens is 2. The third-order valence-corrected chi connectivity index (χ3v) is 5.05. The summed E-state index contributed by atoms with van der Waals surface area (Å²) in [6.45, 7) is 8.15. The van der Waals surface area contributed by atoms with Crippen LogP contribution < -0.4 is 0 Å². The smallest absolute Gasteiger partial charge is 0.227 e. The van der Waals surface area contributed by atoms with Gasteiger partial charge in [0.15, 0.2) is 0 Å². The van der Waals surface area contributed by atoms with E-state index in [9.17, 15) is 4.79 Å². The Hall–Kier alpha value is -1.80. The summed E-state index contributed by atoms with van der Waals surface area (Å²) >= 11 is 0. The number of fused-ring (bicyclic) bond motifs is 1. The maximum absolute atomic E-state index is 12.7. The average molecular weight is 300 g/mol. The molecule has 3 heterocycles. The fourth-order valence-electron chi connectivity index (χ4n) is 3.41. The van der Waals surface area contributed by atoms with E-state index in [4.69, 9.17) is 6.42 Å². The zero-order chi connectivity index (χ0) is 15.7. The second-order valence-corrected chi connectivity index (χ2v) is 6.79. The van der Waals surface area contributed by atoms with Crippen LogP contribution in [0, 0.1) is 18.3 Å². The molecule has 0 aromatic carbocycles. The van der Waals surface area contributed by atoms with Gasteiger partial charge in [0.2, 0.25) is 5.91 Å². The highest BCUT2D eigenvalue weighted by molar-refractivity contribution is 5.79. The minimum Gasteiger partial charge on any atom is -0.340 e. The van der Waals surface area contributed by atoms with Crippen LogP contribution in [-0.2, 0) is 17.8 Å². The number of imidazole rings is 1. The van der Waals surface area contributed by atoms with E-state index in [2.05, 4.69) is 34.2 Å². The minimum absolute atomic E-state index is 0.0916. The number of amides is 1. The third-order valence-electron chi connectivity index (χ3n) is 5.05. The average Bonchev–Trinajstić information content (AvgIpc) is 3.02. The highest BCUT2D eigenvalue weighted by Crippen LogP contribution is 2.23. The van der Waals surface area contributed by atoms with Crippen LogP contribution in [0.25, 0.3) is 0 Å². The molecule has 2 aliphatic rings. The zero-order valence-electron chi connectivity index (χ0n) is 13.5. The number of aryl methyl sites for hydroxylation is 1. The summed E-state index contributed by atoms with van der Waals surface area (Å²) in [7, 11) is 0. The van der Waals surface area contributed by atoms with Crippen molar-refractivity contribution in [2.45, 2.75) is 38.8 Å². The SMILES string of the molecule is C#CC(C)(C)N1CCN(C(=O)C2CCc3cncn3C2)CC1. The molecule has 0 bridgehead atoms. The molecular weight excluding hydrogens is 276 g/mol. The second-order valence-electron chi connectivity index (χ2n) is 6.79. The van der Waals surface area contributed by atoms with Crippen LogP contribution in [-0.4, -0.2) is 57.0 Å². The summed E-state index contributed by atoms with van der Waals surface area (Å²) in [5.74, 6) is 3.22. The van der Waals surface area contributed by atoms with Crippen molar-refractivity contribution in [3.63, 3.8) is 0 Å². The molecule has 1 atom stereocenters. The Kier molecular flexibility index (Phi) is 3.96. The zero-order valence-corrected chi connectivity index (χ0v) is 13.5. The number of piperazine rings is 1.